The van der Waals surface area contributed by atoms with Gasteiger partial charge in [0.25, 0.3) is 0 Å². The first-order valence-corrected chi connectivity index (χ1v) is 5.89. The molecule has 2 rings (SSSR count). The lowest BCUT2D eigenvalue weighted by molar-refractivity contribution is 0.0596. The number of phenolic OH excluding ortho intramolecular Hbond substituents is 1. The Morgan fingerprint density at radius 2 is 2.00 bits per heavy atom. The molecule has 1 aromatic heterocycles. The maximum Gasteiger partial charge on any atom is 0.341 e. The number of esters is 1. The number of rotatable bonds is 4. The van der Waals surface area contributed by atoms with E-state index in [1.807, 2.05) is 0 Å². The Morgan fingerprint density at radius 1 is 1.24 bits per heavy atom. The van der Waals surface area contributed by atoms with E-state index in [2.05, 4.69) is 15.0 Å². The molecule has 2 aromatic rings. The van der Waals surface area contributed by atoms with Crippen molar-refractivity contribution in [3.63, 3.8) is 0 Å². The standard InChI is InChI=1S/C14H12N2O5/c1-21-14(20)9-5-4-8(7-11(9)17)16-12-10(13(18)19)3-2-6-15-12/h2-7,17H,1H3,(H,15,16)(H,18,19). The third-order valence-corrected chi connectivity index (χ3v) is 2.70. The molecule has 3 N–H and O–H groups in total. The Hall–Kier alpha value is -3.09. The highest BCUT2D eigenvalue weighted by molar-refractivity contribution is 5.95. The van der Waals surface area contributed by atoms with Crippen LogP contribution in [0.15, 0.2) is 36.5 Å². The fraction of sp³-hybridized carbons (Fsp3) is 0.0714. The van der Waals surface area contributed by atoms with Crippen molar-refractivity contribution in [2.45, 2.75) is 0 Å². The number of methoxy groups -OCH3 is 1. The summed E-state index contributed by atoms with van der Waals surface area (Å²) >= 11 is 0. The number of nitrogens with zero attached hydrogens (tertiary/aromatic N) is 1. The predicted octanol–water partition coefficient (Wildman–Crippen LogP) is 2.02. The second-order valence-corrected chi connectivity index (χ2v) is 4.05. The number of hydrogen-bond acceptors (Lipinski definition) is 6. The number of aromatic nitrogens is 1. The third kappa shape index (κ3) is 3.08. The van der Waals surface area contributed by atoms with Crippen molar-refractivity contribution >= 4 is 23.4 Å². The Bertz CT molecular complexity index is 700. The van der Waals surface area contributed by atoms with Crippen LogP contribution in [0, 0.1) is 0 Å². The number of benzene rings is 1. The molecule has 0 atom stereocenters. The lowest BCUT2D eigenvalue weighted by Crippen LogP contribution is -2.05. The van der Waals surface area contributed by atoms with Gasteiger partial charge in [0.2, 0.25) is 0 Å². The summed E-state index contributed by atoms with van der Waals surface area (Å²) in [6.07, 6.45) is 1.44. The second kappa shape index (κ2) is 5.91. The number of nitrogens with one attached hydrogen (secondary N) is 1. The summed E-state index contributed by atoms with van der Waals surface area (Å²) in [5.74, 6) is -1.93. The van der Waals surface area contributed by atoms with Crippen LogP contribution in [0.1, 0.15) is 20.7 Å². The minimum atomic E-state index is -1.12. The van der Waals surface area contributed by atoms with E-state index in [1.54, 1.807) is 0 Å². The van der Waals surface area contributed by atoms with Crippen molar-refractivity contribution in [1.29, 1.82) is 0 Å². The fourth-order valence-corrected chi connectivity index (χ4v) is 1.71. The van der Waals surface area contributed by atoms with Gasteiger partial charge in [-0.15, -0.1) is 0 Å². The van der Waals surface area contributed by atoms with Gasteiger partial charge in [0.05, 0.1) is 7.11 Å². The SMILES string of the molecule is COC(=O)c1ccc(Nc2ncccc2C(=O)O)cc1O. The van der Waals surface area contributed by atoms with Crippen LogP contribution < -0.4 is 5.32 Å². The van der Waals surface area contributed by atoms with Crippen molar-refractivity contribution < 1.29 is 24.5 Å². The summed E-state index contributed by atoms with van der Waals surface area (Å²) < 4.78 is 4.52. The quantitative estimate of drug-likeness (QED) is 0.738. The number of carboxylic acids is 1. The molecule has 0 aliphatic carbocycles. The molecule has 0 bridgehead atoms. The molecule has 108 valence electrons. The van der Waals surface area contributed by atoms with Crippen LogP contribution in [0.5, 0.6) is 5.75 Å². The smallest absolute Gasteiger partial charge is 0.341 e. The van der Waals surface area contributed by atoms with E-state index in [0.29, 0.717) is 5.69 Å². The van der Waals surface area contributed by atoms with E-state index in [1.165, 1.54) is 43.6 Å². The highest BCUT2D eigenvalue weighted by atomic mass is 16.5. The Kier molecular flexibility index (Phi) is 4.03. The van der Waals surface area contributed by atoms with Gasteiger partial charge >= 0.3 is 11.9 Å². The number of ether oxygens (including phenoxy) is 1. The lowest BCUT2D eigenvalue weighted by atomic mass is 10.1. The normalized spacial score (nSPS) is 9.95. The van der Waals surface area contributed by atoms with Crippen LogP contribution >= 0.6 is 0 Å². The first-order valence-electron chi connectivity index (χ1n) is 5.89. The molecule has 21 heavy (non-hydrogen) atoms. The van der Waals surface area contributed by atoms with E-state index < -0.39 is 11.9 Å². The van der Waals surface area contributed by atoms with Crippen molar-refractivity contribution in [3.05, 3.63) is 47.7 Å². The lowest BCUT2D eigenvalue weighted by Gasteiger charge is -2.10. The number of pyridine rings is 1. The van der Waals surface area contributed by atoms with Gasteiger partial charge in [-0.2, -0.15) is 0 Å². The third-order valence-electron chi connectivity index (χ3n) is 2.70. The van der Waals surface area contributed by atoms with Gasteiger partial charge in [0.1, 0.15) is 22.7 Å². The largest absolute Gasteiger partial charge is 0.507 e. The van der Waals surface area contributed by atoms with E-state index in [9.17, 15) is 14.7 Å². The van der Waals surface area contributed by atoms with Crippen LogP contribution in [-0.4, -0.2) is 34.2 Å². The first-order chi connectivity index (χ1) is 10.0. The maximum absolute atomic E-state index is 11.4. The van der Waals surface area contributed by atoms with E-state index in [0.717, 1.165) is 0 Å². The van der Waals surface area contributed by atoms with E-state index >= 15 is 0 Å². The molecule has 0 saturated carbocycles. The van der Waals surface area contributed by atoms with Crippen molar-refractivity contribution in [2.24, 2.45) is 0 Å². The van der Waals surface area contributed by atoms with Crippen LogP contribution in [-0.2, 0) is 4.74 Å². The summed E-state index contributed by atoms with van der Waals surface area (Å²) in [5.41, 5.74) is 0.401. The Labute approximate surface area is 119 Å². The van der Waals surface area contributed by atoms with Crippen molar-refractivity contribution in [2.75, 3.05) is 12.4 Å². The van der Waals surface area contributed by atoms with Crippen LogP contribution in [0.25, 0.3) is 0 Å². The maximum atomic E-state index is 11.4. The molecule has 1 heterocycles. The monoisotopic (exact) mass is 288 g/mol. The summed E-state index contributed by atoms with van der Waals surface area (Å²) in [6, 6.07) is 7.07. The average Bonchev–Trinajstić information content (AvgIpc) is 2.47. The van der Waals surface area contributed by atoms with Gasteiger partial charge in [0, 0.05) is 18.0 Å². The average molecular weight is 288 g/mol. The van der Waals surface area contributed by atoms with Crippen molar-refractivity contribution in [3.8, 4) is 5.75 Å². The molecular formula is C14H12N2O5. The topological polar surface area (TPSA) is 109 Å². The molecule has 0 aliphatic rings. The highest BCUT2D eigenvalue weighted by Crippen LogP contribution is 2.25. The molecule has 0 spiro atoms. The molecule has 0 saturated heterocycles. The van der Waals surface area contributed by atoms with Gasteiger partial charge < -0.3 is 20.3 Å². The zero-order valence-electron chi connectivity index (χ0n) is 11.0. The Balaban J connectivity index is 2.31. The molecule has 0 amide bonds. The molecule has 0 aliphatic heterocycles. The summed E-state index contributed by atoms with van der Waals surface area (Å²) in [4.78, 5) is 26.4. The molecule has 7 heteroatoms. The second-order valence-electron chi connectivity index (χ2n) is 4.05. The molecular weight excluding hydrogens is 276 g/mol. The molecule has 0 unspecified atom stereocenters. The molecule has 7 nitrogen and oxygen atoms in total. The number of carbonyl (C=O) groups excluding carboxylic acids is 1. The summed E-state index contributed by atoms with van der Waals surface area (Å²) in [7, 11) is 1.21. The minimum Gasteiger partial charge on any atom is -0.507 e. The molecule has 0 radical (unpaired) electrons. The predicted molar refractivity (Wildman–Crippen MR) is 73.9 cm³/mol. The Morgan fingerprint density at radius 3 is 2.62 bits per heavy atom. The number of phenols is 1. The van der Waals surface area contributed by atoms with Gasteiger partial charge in [-0.25, -0.2) is 14.6 Å². The van der Waals surface area contributed by atoms with Gasteiger partial charge in [0.15, 0.2) is 0 Å². The van der Waals surface area contributed by atoms with Gasteiger partial charge in [-0.3, -0.25) is 0 Å². The van der Waals surface area contributed by atoms with Crippen LogP contribution in [0.2, 0.25) is 0 Å². The minimum absolute atomic E-state index is 0.00552. The number of anilines is 2. The van der Waals surface area contributed by atoms with Crippen LogP contribution in [0.4, 0.5) is 11.5 Å². The van der Waals surface area contributed by atoms with E-state index in [-0.39, 0.29) is 22.7 Å². The van der Waals surface area contributed by atoms with Crippen LogP contribution in [0.3, 0.4) is 0 Å². The number of hydrogen-bond donors (Lipinski definition) is 3. The number of aromatic hydroxyl groups is 1. The fourth-order valence-electron chi connectivity index (χ4n) is 1.71. The zero-order valence-corrected chi connectivity index (χ0v) is 11.0. The zero-order chi connectivity index (χ0) is 15.4. The summed E-state index contributed by atoms with van der Waals surface area (Å²) in [6.45, 7) is 0. The number of carboxylic acid groups (broad SMARTS) is 1. The molecule has 1 aromatic carbocycles. The van der Waals surface area contributed by atoms with Crippen molar-refractivity contribution in [1.82, 2.24) is 4.98 Å². The van der Waals surface area contributed by atoms with Gasteiger partial charge in [-0.1, -0.05) is 0 Å². The van der Waals surface area contributed by atoms with E-state index in [4.69, 9.17) is 5.11 Å². The highest BCUT2D eigenvalue weighted by Gasteiger charge is 2.14. The van der Waals surface area contributed by atoms with Gasteiger partial charge in [-0.05, 0) is 24.3 Å². The summed E-state index contributed by atoms with van der Waals surface area (Å²) in [5, 5.41) is 21.6. The number of aromatic carboxylic acids is 1. The first kappa shape index (κ1) is 14.3. The molecule has 0 fully saturated rings. The number of carbonyl (C=O) groups is 2.